The van der Waals surface area contributed by atoms with E-state index in [4.69, 9.17) is 5.73 Å². The van der Waals surface area contributed by atoms with Gasteiger partial charge in [0.15, 0.2) is 0 Å². The van der Waals surface area contributed by atoms with Crippen molar-refractivity contribution in [2.24, 2.45) is 5.92 Å². The van der Waals surface area contributed by atoms with Gasteiger partial charge in [-0.15, -0.1) is 0 Å². The molecule has 0 radical (unpaired) electrons. The van der Waals surface area contributed by atoms with Crippen LogP contribution in [0.4, 0.5) is 11.5 Å². The molecule has 9 nitrogen and oxygen atoms in total. The Morgan fingerprint density at radius 3 is 2.72 bits per heavy atom. The van der Waals surface area contributed by atoms with Gasteiger partial charge in [-0.25, -0.2) is 8.42 Å². The van der Waals surface area contributed by atoms with Crippen LogP contribution < -0.4 is 15.8 Å². The molecule has 4 N–H and O–H groups in total. The minimum Gasteiger partial charge on any atom is -0.385 e. The number of nitrogen functional groups attached to an aromatic ring is 1. The van der Waals surface area contributed by atoms with E-state index in [-0.39, 0.29) is 29.6 Å². The molecule has 0 spiro atoms. The molecule has 10 heteroatoms. The molecule has 2 aliphatic rings. The Balaban J connectivity index is 1.54. The summed E-state index contributed by atoms with van der Waals surface area (Å²) in [5, 5.41) is 2.69. The summed E-state index contributed by atoms with van der Waals surface area (Å²) in [6.45, 7) is 3.81. The van der Waals surface area contributed by atoms with Crippen molar-refractivity contribution in [2.45, 2.75) is 50.1 Å². The SMILES string of the molecule is CC1CCN(C(=O)C(CCn2cccc2N)NS(=O)(=O)c2ccc3c(c2)CC(=O)N3)CC1. The van der Waals surface area contributed by atoms with Gasteiger partial charge in [-0.1, -0.05) is 6.92 Å². The fourth-order valence-electron chi connectivity index (χ4n) is 4.21. The van der Waals surface area contributed by atoms with Gasteiger partial charge in [-0.2, -0.15) is 4.72 Å². The number of aryl methyl sites for hydroxylation is 1. The maximum Gasteiger partial charge on any atom is 0.241 e. The molecule has 1 aromatic carbocycles. The number of rotatable bonds is 7. The molecule has 0 bridgehead atoms. The van der Waals surface area contributed by atoms with E-state index in [1.54, 1.807) is 27.8 Å². The summed E-state index contributed by atoms with van der Waals surface area (Å²) >= 11 is 0. The molecule has 32 heavy (non-hydrogen) atoms. The lowest BCUT2D eigenvalue weighted by atomic mass is 9.98. The van der Waals surface area contributed by atoms with Crippen molar-refractivity contribution in [1.82, 2.24) is 14.2 Å². The zero-order chi connectivity index (χ0) is 22.9. The smallest absolute Gasteiger partial charge is 0.241 e. The first-order valence-corrected chi connectivity index (χ1v) is 12.4. The Hall–Kier alpha value is -2.85. The number of sulfonamides is 1. The predicted octanol–water partition coefficient (Wildman–Crippen LogP) is 1.56. The molecule has 0 aliphatic carbocycles. The highest BCUT2D eigenvalue weighted by Gasteiger charge is 2.31. The number of nitrogens with two attached hydrogens (primary N) is 1. The van der Waals surface area contributed by atoms with Crippen LogP contribution in [0.1, 0.15) is 31.7 Å². The Bertz CT molecular complexity index is 1120. The van der Waals surface area contributed by atoms with Crippen LogP contribution in [0.15, 0.2) is 41.4 Å². The zero-order valence-corrected chi connectivity index (χ0v) is 18.9. The lowest BCUT2D eigenvalue weighted by molar-refractivity contribution is -0.134. The molecule has 0 saturated carbocycles. The molecule has 1 atom stereocenters. The van der Waals surface area contributed by atoms with Crippen molar-refractivity contribution in [3.63, 3.8) is 0 Å². The lowest BCUT2D eigenvalue weighted by Crippen LogP contribution is -2.50. The Morgan fingerprint density at radius 1 is 1.28 bits per heavy atom. The summed E-state index contributed by atoms with van der Waals surface area (Å²) in [5.74, 6) is 0.724. The van der Waals surface area contributed by atoms with E-state index >= 15 is 0 Å². The number of fused-ring (bicyclic) bond motifs is 1. The number of nitrogens with zero attached hydrogens (tertiary/aromatic N) is 2. The van der Waals surface area contributed by atoms with E-state index in [1.165, 1.54) is 12.1 Å². The molecule has 1 saturated heterocycles. The van der Waals surface area contributed by atoms with E-state index in [9.17, 15) is 18.0 Å². The number of aromatic nitrogens is 1. The first-order valence-electron chi connectivity index (χ1n) is 10.9. The number of carbonyl (C=O) groups excluding carboxylic acids is 2. The predicted molar refractivity (Wildman–Crippen MR) is 121 cm³/mol. The third-order valence-corrected chi connectivity index (χ3v) is 7.70. The first-order chi connectivity index (χ1) is 15.2. The molecule has 2 aliphatic heterocycles. The summed E-state index contributed by atoms with van der Waals surface area (Å²) in [4.78, 5) is 26.7. The molecule has 4 rings (SSSR count). The molecule has 2 amide bonds. The summed E-state index contributed by atoms with van der Waals surface area (Å²) in [6.07, 6.45) is 4.02. The van der Waals surface area contributed by atoms with Crippen molar-refractivity contribution in [2.75, 3.05) is 24.1 Å². The summed E-state index contributed by atoms with van der Waals surface area (Å²) in [7, 11) is -3.97. The van der Waals surface area contributed by atoms with Crippen LogP contribution >= 0.6 is 0 Å². The second-order valence-electron chi connectivity index (χ2n) is 8.64. The minimum atomic E-state index is -3.97. The normalized spacial score (nSPS) is 17.8. The van der Waals surface area contributed by atoms with Crippen LogP contribution in [0, 0.1) is 5.92 Å². The van der Waals surface area contributed by atoms with Crippen LogP contribution in [0.3, 0.4) is 0 Å². The van der Waals surface area contributed by atoms with Gasteiger partial charge >= 0.3 is 0 Å². The van der Waals surface area contributed by atoms with Crippen molar-refractivity contribution in [3.05, 3.63) is 42.1 Å². The fourth-order valence-corrected chi connectivity index (χ4v) is 5.48. The third-order valence-electron chi connectivity index (χ3n) is 6.23. The number of benzene rings is 1. The number of anilines is 2. The number of amides is 2. The van der Waals surface area contributed by atoms with E-state index in [2.05, 4.69) is 17.0 Å². The van der Waals surface area contributed by atoms with Crippen molar-refractivity contribution in [1.29, 1.82) is 0 Å². The van der Waals surface area contributed by atoms with Crippen LogP contribution in [0.5, 0.6) is 0 Å². The minimum absolute atomic E-state index is 0.0401. The fraction of sp³-hybridized carbons (Fsp3) is 0.455. The second-order valence-corrected chi connectivity index (χ2v) is 10.4. The summed E-state index contributed by atoms with van der Waals surface area (Å²) in [6, 6.07) is 7.17. The van der Waals surface area contributed by atoms with Crippen molar-refractivity contribution in [3.8, 4) is 0 Å². The standard InChI is InChI=1S/C22H29N5O4S/c1-15-6-10-27(11-7-15)22(29)19(8-12-26-9-2-3-20(26)23)25-32(30,31)17-4-5-18-16(13-17)14-21(28)24-18/h2-5,9,13,15,19,25H,6-8,10-12,14,23H2,1H3,(H,24,28). The molecule has 2 aromatic rings. The molecule has 1 aromatic heterocycles. The maximum absolute atomic E-state index is 13.3. The molecule has 3 heterocycles. The molecular formula is C22H29N5O4S. The summed E-state index contributed by atoms with van der Waals surface area (Å²) < 4.78 is 30.8. The van der Waals surface area contributed by atoms with E-state index in [0.717, 1.165) is 12.8 Å². The third kappa shape index (κ3) is 4.81. The van der Waals surface area contributed by atoms with Crippen LogP contribution in [-0.2, 0) is 32.6 Å². The van der Waals surface area contributed by atoms with Gasteiger partial charge < -0.3 is 20.5 Å². The van der Waals surface area contributed by atoms with Gasteiger partial charge in [0, 0.05) is 31.5 Å². The number of carbonyl (C=O) groups is 2. The van der Waals surface area contributed by atoms with Crippen molar-refractivity contribution >= 4 is 33.3 Å². The van der Waals surface area contributed by atoms with E-state index in [0.29, 0.717) is 42.6 Å². The Labute approximate surface area is 188 Å². The average molecular weight is 460 g/mol. The number of nitrogens with one attached hydrogen (secondary N) is 2. The van der Waals surface area contributed by atoms with Crippen LogP contribution in [-0.4, -0.2) is 48.8 Å². The van der Waals surface area contributed by atoms with Gasteiger partial charge in [0.25, 0.3) is 0 Å². The highest BCUT2D eigenvalue weighted by molar-refractivity contribution is 7.89. The molecule has 1 unspecified atom stereocenters. The van der Waals surface area contributed by atoms with Gasteiger partial charge in [0.2, 0.25) is 21.8 Å². The summed E-state index contributed by atoms with van der Waals surface area (Å²) in [5.41, 5.74) is 7.19. The van der Waals surface area contributed by atoms with Gasteiger partial charge in [-0.3, -0.25) is 9.59 Å². The van der Waals surface area contributed by atoms with Gasteiger partial charge in [0.1, 0.15) is 11.9 Å². The van der Waals surface area contributed by atoms with Gasteiger partial charge in [0.05, 0.1) is 11.3 Å². The van der Waals surface area contributed by atoms with E-state index in [1.807, 2.05) is 6.07 Å². The number of hydrogen-bond donors (Lipinski definition) is 3. The number of hydrogen-bond acceptors (Lipinski definition) is 5. The quantitative estimate of drug-likeness (QED) is 0.579. The Kier molecular flexibility index (Phi) is 6.25. The number of likely N-dealkylation sites (tertiary alicyclic amines) is 1. The average Bonchev–Trinajstić information content (AvgIpc) is 3.34. The molecule has 1 fully saturated rings. The molecule has 172 valence electrons. The Morgan fingerprint density at radius 2 is 2.03 bits per heavy atom. The first kappa shape index (κ1) is 22.3. The monoisotopic (exact) mass is 459 g/mol. The van der Waals surface area contributed by atoms with Gasteiger partial charge in [-0.05, 0) is 61.1 Å². The highest BCUT2D eigenvalue weighted by Crippen LogP contribution is 2.26. The lowest BCUT2D eigenvalue weighted by Gasteiger charge is -2.33. The zero-order valence-electron chi connectivity index (χ0n) is 18.1. The number of piperidine rings is 1. The van der Waals surface area contributed by atoms with Crippen LogP contribution in [0.2, 0.25) is 0 Å². The molecular weight excluding hydrogens is 430 g/mol. The van der Waals surface area contributed by atoms with Crippen LogP contribution in [0.25, 0.3) is 0 Å². The van der Waals surface area contributed by atoms with Crippen molar-refractivity contribution < 1.29 is 18.0 Å². The topological polar surface area (TPSA) is 127 Å². The van der Waals surface area contributed by atoms with E-state index < -0.39 is 16.1 Å². The second kappa shape index (κ2) is 8.95. The maximum atomic E-state index is 13.3. The largest absolute Gasteiger partial charge is 0.385 e. The highest BCUT2D eigenvalue weighted by atomic mass is 32.2.